The number of halogens is 1. The fraction of sp³-hybridized carbons (Fsp3) is 0.125. The molecule has 1 aliphatic rings. The van der Waals surface area contributed by atoms with E-state index in [0.717, 1.165) is 11.8 Å². The largest absolute Gasteiger partial charge is 0.457 e. The highest BCUT2D eigenvalue weighted by atomic mass is 32.2. The third-order valence-electron chi connectivity index (χ3n) is 3.20. The van der Waals surface area contributed by atoms with Crippen molar-refractivity contribution in [2.45, 2.75) is 6.92 Å². The molecule has 0 spiro atoms. The molecule has 1 aromatic heterocycles. The lowest BCUT2D eigenvalue weighted by molar-refractivity contribution is 0.247. The first kappa shape index (κ1) is 15.0. The van der Waals surface area contributed by atoms with Crippen molar-refractivity contribution in [3.8, 4) is 11.3 Å². The molecule has 0 saturated carbocycles. The SMILES string of the molecule is CCN1C(=O)S/C(=C/c2ccc(-c3cccc(F)c3)o2)C1=S. The van der Waals surface area contributed by atoms with E-state index in [4.69, 9.17) is 16.6 Å². The van der Waals surface area contributed by atoms with Crippen molar-refractivity contribution < 1.29 is 13.6 Å². The van der Waals surface area contributed by atoms with E-state index in [0.29, 0.717) is 33.5 Å². The molecule has 1 saturated heterocycles. The molecule has 2 aromatic rings. The lowest BCUT2D eigenvalue weighted by Crippen LogP contribution is -2.26. The van der Waals surface area contributed by atoms with Gasteiger partial charge in [0.15, 0.2) is 0 Å². The Bertz CT molecular complexity index is 782. The first-order valence-electron chi connectivity index (χ1n) is 6.69. The maximum Gasteiger partial charge on any atom is 0.291 e. The summed E-state index contributed by atoms with van der Waals surface area (Å²) in [5.41, 5.74) is 0.664. The molecule has 0 aliphatic carbocycles. The van der Waals surface area contributed by atoms with E-state index in [2.05, 4.69) is 0 Å². The average molecular weight is 333 g/mol. The molecular formula is C16H12FNO2S2. The number of carbonyl (C=O) groups excluding carboxylic acids is 1. The Kier molecular flexibility index (Phi) is 4.13. The molecule has 6 heteroatoms. The number of hydrogen-bond donors (Lipinski definition) is 0. The van der Waals surface area contributed by atoms with Crippen LogP contribution < -0.4 is 0 Å². The summed E-state index contributed by atoms with van der Waals surface area (Å²) in [5.74, 6) is 0.833. The quantitative estimate of drug-likeness (QED) is 0.588. The third-order valence-corrected chi connectivity index (χ3v) is 4.69. The third kappa shape index (κ3) is 2.84. The molecule has 0 unspecified atom stereocenters. The fourth-order valence-electron chi connectivity index (χ4n) is 2.13. The van der Waals surface area contributed by atoms with Gasteiger partial charge in [-0.2, -0.15) is 0 Å². The minimum absolute atomic E-state index is 0.0735. The molecule has 0 atom stereocenters. The van der Waals surface area contributed by atoms with Crippen LogP contribution in [0.25, 0.3) is 17.4 Å². The zero-order chi connectivity index (χ0) is 15.7. The zero-order valence-corrected chi connectivity index (χ0v) is 13.3. The Morgan fingerprint density at radius 3 is 2.86 bits per heavy atom. The van der Waals surface area contributed by atoms with Crippen LogP contribution in [0.2, 0.25) is 0 Å². The number of hydrogen-bond acceptors (Lipinski definition) is 4. The number of furan rings is 1. The van der Waals surface area contributed by atoms with Crippen LogP contribution >= 0.6 is 24.0 Å². The van der Waals surface area contributed by atoms with Crippen molar-refractivity contribution in [2.75, 3.05) is 6.54 Å². The molecule has 0 N–H and O–H groups in total. The first-order chi connectivity index (χ1) is 10.6. The number of rotatable bonds is 3. The van der Waals surface area contributed by atoms with Crippen molar-refractivity contribution in [1.82, 2.24) is 4.90 Å². The number of benzene rings is 1. The van der Waals surface area contributed by atoms with Crippen molar-refractivity contribution in [2.24, 2.45) is 0 Å². The highest BCUT2D eigenvalue weighted by molar-refractivity contribution is 8.19. The number of carbonyl (C=O) groups is 1. The summed E-state index contributed by atoms with van der Waals surface area (Å²) in [7, 11) is 0. The van der Waals surface area contributed by atoms with Crippen LogP contribution in [-0.2, 0) is 0 Å². The summed E-state index contributed by atoms with van der Waals surface area (Å²) in [6.45, 7) is 2.43. The smallest absolute Gasteiger partial charge is 0.291 e. The van der Waals surface area contributed by atoms with Crippen LogP contribution in [0, 0.1) is 5.82 Å². The molecule has 22 heavy (non-hydrogen) atoms. The van der Waals surface area contributed by atoms with Crippen LogP contribution in [0.1, 0.15) is 12.7 Å². The molecule has 1 amide bonds. The molecule has 1 aliphatic heterocycles. The molecular weight excluding hydrogens is 321 g/mol. The molecule has 0 radical (unpaired) electrons. The van der Waals surface area contributed by atoms with E-state index in [-0.39, 0.29) is 11.1 Å². The summed E-state index contributed by atoms with van der Waals surface area (Å²) in [4.78, 5) is 14.5. The van der Waals surface area contributed by atoms with Gasteiger partial charge < -0.3 is 4.42 Å². The molecule has 3 nitrogen and oxygen atoms in total. The lowest BCUT2D eigenvalue weighted by atomic mass is 10.2. The second-order valence-corrected chi connectivity index (χ2v) is 6.02. The molecule has 0 bridgehead atoms. The molecule has 1 fully saturated rings. The second-order valence-electron chi connectivity index (χ2n) is 4.64. The van der Waals surface area contributed by atoms with E-state index < -0.39 is 0 Å². The molecule has 1 aromatic carbocycles. The highest BCUT2D eigenvalue weighted by Gasteiger charge is 2.30. The Balaban J connectivity index is 1.88. The van der Waals surface area contributed by atoms with E-state index in [9.17, 15) is 9.18 Å². The number of nitrogens with zero attached hydrogens (tertiary/aromatic N) is 1. The van der Waals surface area contributed by atoms with Gasteiger partial charge in [-0.25, -0.2) is 4.39 Å². The zero-order valence-electron chi connectivity index (χ0n) is 11.7. The lowest BCUT2D eigenvalue weighted by Gasteiger charge is -2.09. The Hall–Kier alpha value is -1.92. The van der Waals surface area contributed by atoms with Crippen molar-refractivity contribution in [3.05, 3.63) is 52.9 Å². The van der Waals surface area contributed by atoms with Gasteiger partial charge in [0.05, 0.1) is 4.91 Å². The second kappa shape index (κ2) is 6.06. The van der Waals surface area contributed by atoms with Gasteiger partial charge in [0, 0.05) is 12.1 Å². The van der Waals surface area contributed by atoms with Crippen LogP contribution in [0.5, 0.6) is 0 Å². The summed E-state index contributed by atoms with van der Waals surface area (Å²) < 4.78 is 18.9. The Morgan fingerprint density at radius 2 is 2.18 bits per heavy atom. The van der Waals surface area contributed by atoms with Crippen LogP contribution in [-0.4, -0.2) is 21.7 Å². The monoisotopic (exact) mass is 333 g/mol. The van der Waals surface area contributed by atoms with E-state index >= 15 is 0 Å². The van der Waals surface area contributed by atoms with Crippen LogP contribution in [0.4, 0.5) is 9.18 Å². The van der Waals surface area contributed by atoms with Gasteiger partial charge in [0.25, 0.3) is 5.24 Å². The normalized spacial score (nSPS) is 16.8. The van der Waals surface area contributed by atoms with Crippen LogP contribution in [0.3, 0.4) is 0 Å². The average Bonchev–Trinajstić information content (AvgIpc) is 3.05. The summed E-state index contributed by atoms with van der Waals surface area (Å²) in [5, 5.41) is -0.0735. The van der Waals surface area contributed by atoms with E-state index in [1.165, 1.54) is 12.1 Å². The summed E-state index contributed by atoms with van der Waals surface area (Å²) >= 11 is 6.37. The van der Waals surface area contributed by atoms with Gasteiger partial charge in [0.2, 0.25) is 0 Å². The first-order valence-corrected chi connectivity index (χ1v) is 7.92. The number of thiocarbonyl (C=S) groups is 1. The highest BCUT2D eigenvalue weighted by Crippen LogP contribution is 2.34. The Morgan fingerprint density at radius 1 is 1.36 bits per heavy atom. The standard InChI is InChI=1S/C16H12FNO2S2/c1-2-18-15(21)14(22-16(18)19)9-12-6-7-13(20-12)10-4-3-5-11(17)8-10/h3-9H,2H2,1H3/b14-9+. The van der Waals surface area contributed by atoms with E-state index in [1.807, 2.05) is 6.92 Å². The fourth-order valence-corrected chi connectivity index (χ4v) is 3.47. The molecule has 2 heterocycles. The topological polar surface area (TPSA) is 33.5 Å². The van der Waals surface area contributed by atoms with Gasteiger partial charge in [-0.3, -0.25) is 9.69 Å². The van der Waals surface area contributed by atoms with Crippen LogP contribution in [0.15, 0.2) is 45.7 Å². The van der Waals surface area contributed by atoms with Gasteiger partial charge in [-0.15, -0.1) is 0 Å². The predicted octanol–water partition coefficient (Wildman–Crippen LogP) is 4.94. The van der Waals surface area contributed by atoms with Crippen molar-refractivity contribution >= 4 is 40.3 Å². The maximum atomic E-state index is 13.2. The Labute approximate surface area is 136 Å². The number of amides is 1. The maximum absolute atomic E-state index is 13.2. The minimum atomic E-state index is -0.314. The number of likely N-dealkylation sites (N-methyl/N-ethyl adjacent to an activating group) is 1. The molecule has 3 rings (SSSR count). The van der Waals surface area contributed by atoms with Crippen molar-refractivity contribution in [3.63, 3.8) is 0 Å². The van der Waals surface area contributed by atoms with Gasteiger partial charge >= 0.3 is 0 Å². The summed E-state index contributed by atoms with van der Waals surface area (Å²) in [6.07, 6.45) is 1.74. The summed E-state index contributed by atoms with van der Waals surface area (Å²) in [6, 6.07) is 9.74. The predicted molar refractivity (Wildman–Crippen MR) is 90.0 cm³/mol. The van der Waals surface area contributed by atoms with Gasteiger partial charge in [-0.05, 0) is 49.0 Å². The molecule has 112 valence electrons. The van der Waals surface area contributed by atoms with Crippen molar-refractivity contribution in [1.29, 1.82) is 0 Å². The van der Waals surface area contributed by atoms with E-state index in [1.54, 1.807) is 35.2 Å². The van der Waals surface area contributed by atoms with Gasteiger partial charge in [0.1, 0.15) is 22.3 Å². The van der Waals surface area contributed by atoms with Gasteiger partial charge in [-0.1, -0.05) is 24.4 Å². The minimum Gasteiger partial charge on any atom is -0.457 e. The number of thioether (sulfide) groups is 1.